The summed E-state index contributed by atoms with van der Waals surface area (Å²) in [5.41, 5.74) is 13.3. The smallest absolute Gasteiger partial charge is 0.135 e. The van der Waals surface area contributed by atoms with Gasteiger partial charge in [-0.3, -0.25) is 0 Å². The highest BCUT2D eigenvalue weighted by molar-refractivity contribution is 6.11. The molecule has 3 heteroatoms. The first-order chi connectivity index (χ1) is 25.3. The predicted molar refractivity (Wildman–Crippen MR) is 214 cm³/mol. The summed E-state index contributed by atoms with van der Waals surface area (Å²) in [6.45, 7) is 0. The second-order valence-corrected chi connectivity index (χ2v) is 13.0. The quantitative estimate of drug-likeness (QED) is 0.178. The molecule has 51 heavy (non-hydrogen) atoms. The molecule has 10 rings (SSSR count). The van der Waals surface area contributed by atoms with Gasteiger partial charge < -0.3 is 13.9 Å². The van der Waals surface area contributed by atoms with Crippen LogP contribution in [0.5, 0.6) is 0 Å². The standard InChI is InChI=1S/C48H32N2O/c1-3-11-33(12-4-1)34-19-24-38(25-20-34)49(37-13-5-2-6-14-37)39-26-21-35(22-27-39)36-23-29-47-43(31-36)44-32-40(28-30-48(44)51-47)50-45-17-9-7-15-41(45)42-16-8-10-18-46(42)50/h1-32H. The molecule has 3 nitrogen and oxygen atoms in total. The molecule has 2 heterocycles. The van der Waals surface area contributed by atoms with E-state index in [1.54, 1.807) is 0 Å². The summed E-state index contributed by atoms with van der Waals surface area (Å²) in [6.07, 6.45) is 0. The normalized spacial score (nSPS) is 11.5. The van der Waals surface area contributed by atoms with E-state index in [1.165, 1.54) is 32.9 Å². The molecule has 0 aliphatic rings. The van der Waals surface area contributed by atoms with E-state index in [0.717, 1.165) is 55.8 Å². The minimum atomic E-state index is 0.888. The van der Waals surface area contributed by atoms with Gasteiger partial charge in [0.25, 0.3) is 0 Å². The number of furan rings is 1. The number of hydrogen-bond donors (Lipinski definition) is 0. The lowest BCUT2D eigenvalue weighted by Crippen LogP contribution is -2.09. The Balaban J connectivity index is 1.03. The molecular formula is C48H32N2O. The number of para-hydroxylation sites is 3. The first-order valence-electron chi connectivity index (χ1n) is 17.3. The molecule has 0 N–H and O–H groups in total. The number of fused-ring (bicyclic) bond motifs is 6. The number of aromatic nitrogens is 1. The molecular weight excluding hydrogens is 621 g/mol. The molecule has 8 aromatic carbocycles. The molecule has 0 aliphatic carbocycles. The maximum absolute atomic E-state index is 6.36. The van der Waals surface area contributed by atoms with Crippen LogP contribution in [-0.2, 0) is 0 Å². The van der Waals surface area contributed by atoms with Crippen molar-refractivity contribution in [2.75, 3.05) is 4.90 Å². The summed E-state index contributed by atoms with van der Waals surface area (Å²) >= 11 is 0. The van der Waals surface area contributed by atoms with Crippen LogP contribution in [0.15, 0.2) is 199 Å². The highest BCUT2D eigenvalue weighted by Gasteiger charge is 2.16. The molecule has 0 saturated carbocycles. The minimum Gasteiger partial charge on any atom is -0.456 e. The van der Waals surface area contributed by atoms with Gasteiger partial charge in [0.05, 0.1) is 11.0 Å². The van der Waals surface area contributed by atoms with E-state index in [0.29, 0.717) is 0 Å². The largest absolute Gasteiger partial charge is 0.456 e. The fraction of sp³-hybridized carbons (Fsp3) is 0. The molecule has 0 bridgehead atoms. The maximum atomic E-state index is 6.36. The Morgan fingerprint density at radius 2 is 0.784 bits per heavy atom. The Hall–Kier alpha value is -6.84. The minimum absolute atomic E-state index is 0.888. The van der Waals surface area contributed by atoms with Crippen molar-refractivity contribution in [2.45, 2.75) is 0 Å². The van der Waals surface area contributed by atoms with Gasteiger partial charge in [0, 0.05) is 44.3 Å². The third-order valence-electron chi connectivity index (χ3n) is 10.00. The number of benzene rings is 8. The lowest BCUT2D eigenvalue weighted by atomic mass is 10.0. The van der Waals surface area contributed by atoms with E-state index in [-0.39, 0.29) is 0 Å². The molecule has 2 aromatic heterocycles. The number of hydrogen-bond acceptors (Lipinski definition) is 2. The summed E-state index contributed by atoms with van der Waals surface area (Å²) in [7, 11) is 0. The van der Waals surface area contributed by atoms with Gasteiger partial charge in [-0.15, -0.1) is 0 Å². The third kappa shape index (κ3) is 4.98. The summed E-state index contributed by atoms with van der Waals surface area (Å²) < 4.78 is 8.72. The molecule has 0 atom stereocenters. The molecule has 0 saturated heterocycles. The van der Waals surface area contributed by atoms with Crippen LogP contribution in [0.4, 0.5) is 17.1 Å². The van der Waals surface area contributed by atoms with Crippen LogP contribution in [0, 0.1) is 0 Å². The van der Waals surface area contributed by atoms with Crippen molar-refractivity contribution in [1.29, 1.82) is 0 Å². The van der Waals surface area contributed by atoms with Crippen LogP contribution in [-0.4, -0.2) is 4.57 Å². The first kappa shape index (κ1) is 29.1. The van der Waals surface area contributed by atoms with E-state index in [2.05, 4.69) is 204 Å². The Labute approximate surface area is 295 Å². The molecule has 240 valence electrons. The first-order valence-corrected chi connectivity index (χ1v) is 17.3. The van der Waals surface area contributed by atoms with Crippen molar-refractivity contribution in [3.8, 4) is 27.9 Å². The second kappa shape index (κ2) is 11.9. The van der Waals surface area contributed by atoms with Gasteiger partial charge in [-0.05, 0) is 101 Å². The summed E-state index contributed by atoms with van der Waals surface area (Å²) in [6, 6.07) is 69.1. The summed E-state index contributed by atoms with van der Waals surface area (Å²) in [4.78, 5) is 2.31. The molecule has 0 fully saturated rings. The lowest BCUT2D eigenvalue weighted by Gasteiger charge is -2.26. The van der Waals surface area contributed by atoms with E-state index in [9.17, 15) is 0 Å². The Morgan fingerprint density at radius 3 is 1.41 bits per heavy atom. The Bertz CT molecular complexity index is 2780. The highest BCUT2D eigenvalue weighted by atomic mass is 16.3. The monoisotopic (exact) mass is 652 g/mol. The average molecular weight is 653 g/mol. The molecule has 0 unspecified atom stereocenters. The van der Waals surface area contributed by atoms with Gasteiger partial charge in [0.1, 0.15) is 11.2 Å². The Kier molecular flexibility index (Phi) is 6.81. The SMILES string of the molecule is c1ccc(-c2ccc(N(c3ccccc3)c3ccc(-c4ccc5oc6ccc(-n7c8ccccc8c8ccccc87)cc6c5c4)cc3)cc2)cc1. The fourth-order valence-electron chi connectivity index (χ4n) is 7.55. The van der Waals surface area contributed by atoms with Crippen LogP contribution >= 0.6 is 0 Å². The van der Waals surface area contributed by atoms with Crippen molar-refractivity contribution in [3.63, 3.8) is 0 Å². The molecule has 10 aromatic rings. The van der Waals surface area contributed by atoms with Gasteiger partial charge >= 0.3 is 0 Å². The summed E-state index contributed by atoms with van der Waals surface area (Å²) in [5.74, 6) is 0. The van der Waals surface area contributed by atoms with E-state index >= 15 is 0 Å². The topological polar surface area (TPSA) is 21.3 Å². The molecule has 0 spiro atoms. The molecule has 0 amide bonds. The van der Waals surface area contributed by atoms with Crippen LogP contribution in [0.3, 0.4) is 0 Å². The Morgan fingerprint density at radius 1 is 0.333 bits per heavy atom. The van der Waals surface area contributed by atoms with Gasteiger partial charge in [0.15, 0.2) is 0 Å². The van der Waals surface area contributed by atoms with Crippen LogP contribution in [0.2, 0.25) is 0 Å². The van der Waals surface area contributed by atoms with Gasteiger partial charge in [0.2, 0.25) is 0 Å². The van der Waals surface area contributed by atoms with Crippen molar-refractivity contribution in [1.82, 2.24) is 4.57 Å². The van der Waals surface area contributed by atoms with Crippen molar-refractivity contribution in [3.05, 3.63) is 194 Å². The second-order valence-electron chi connectivity index (χ2n) is 13.0. The molecule has 0 radical (unpaired) electrons. The van der Waals surface area contributed by atoms with E-state index in [4.69, 9.17) is 4.42 Å². The average Bonchev–Trinajstić information content (AvgIpc) is 3.74. The number of rotatable bonds is 6. The van der Waals surface area contributed by atoms with Crippen molar-refractivity contribution < 1.29 is 4.42 Å². The number of nitrogens with zero attached hydrogens (tertiary/aromatic N) is 2. The van der Waals surface area contributed by atoms with Gasteiger partial charge in [-0.2, -0.15) is 0 Å². The highest BCUT2D eigenvalue weighted by Crippen LogP contribution is 2.39. The van der Waals surface area contributed by atoms with Crippen LogP contribution in [0.25, 0.3) is 71.7 Å². The lowest BCUT2D eigenvalue weighted by molar-refractivity contribution is 0.669. The zero-order chi connectivity index (χ0) is 33.7. The predicted octanol–water partition coefficient (Wildman–Crippen LogP) is 13.5. The van der Waals surface area contributed by atoms with Crippen LogP contribution in [0.1, 0.15) is 0 Å². The zero-order valence-electron chi connectivity index (χ0n) is 27.8. The summed E-state index contributed by atoms with van der Waals surface area (Å²) in [5, 5.41) is 4.73. The zero-order valence-corrected chi connectivity index (χ0v) is 27.8. The molecule has 0 aliphatic heterocycles. The van der Waals surface area contributed by atoms with Crippen LogP contribution < -0.4 is 4.90 Å². The van der Waals surface area contributed by atoms with Crippen molar-refractivity contribution in [2.24, 2.45) is 0 Å². The number of anilines is 3. The van der Waals surface area contributed by atoms with E-state index in [1.807, 2.05) is 0 Å². The fourth-order valence-corrected chi connectivity index (χ4v) is 7.55. The third-order valence-corrected chi connectivity index (χ3v) is 10.00. The van der Waals surface area contributed by atoms with E-state index < -0.39 is 0 Å². The van der Waals surface area contributed by atoms with Gasteiger partial charge in [-0.25, -0.2) is 0 Å². The van der Waals surface area contributed by atoms with Crippen molar-refractivity contribution >= 4 is 60.8 Å². The van der Waals surface area contributed by atoms with Gasteiger partial charge in [-0.1, -0.05) is 115 Å². The maximum Gasteiger partial charge on any atom is 0.135 e.